The van der Waals surface area contributed by atoms with E-state index in [1.165, 1.54) is 45.7 Å². The Labute approximate surface area is 133 Å². The number of carbonyl (C=O) groups excluding carboxylic acids is 1. The number of aliphatic hydroxyl groups excluding tert-OH is 1. The highest BCUT2D eigenvalue weighted by atomic mass is 16.5. The van der Waals surface area contributed by atoms with Gasteiger partial charge in [-0.05, 0) is 69.4 Å². The first-order valence-corrected chi connectivity index (χ1v) is 9.14. The van der Waals surface area contributed by atoms with Crippen LogP contribution in [-0.4, -0.2) is 46.8 Å². The molecule has 2 bridgehead atoms. The van der Waals surface area contributed by atoms with Gasteiger partial charge in [0.25, 0.3) is 0 Å². The number of piperidine rings is 2. The van der Waals surface area contributed by atoms with E-state index in [9.17, 15) is 9.90 Å². The molecule has 1 spiro atoms. The molecule has 0 aromatic rings. The van der Waals surface area contributed by atoms with E-state index < -0.39 is 0 Å². The zero-order valence-electron chi connectivity index (χ0n) is 13.8. The Hall–Kier alpha value is -0.610. The molecule has 4 rings (SSSR count). The smallest absolute Gasteiger partial charge is 0.302 e. The molecule has 124 valence electrons. The summed E-state index contributed by atoms with van der Waals surface area (Å²) in [5.74, 6) is 1.59. The molecule has 22 heavy (non-hydrogen) atoms. The highest BCUT2D eigenvalue weighted by molar-refractivity contribution is 5.66. The summed E-state index contributed by atoms with van der Waals surface area (Å²) in [5, 5.41) is 10.8. The highest BCUT2D eigenvalue weighted by Gasteiger charge is 2.65. The summed E-state index contributed by atoms with van der Waals surface area (Å²) in [6, 6.07) is 0. The van der Waals surface area contributed by atoms with Crippen molar-refractivity contribution in [1.82, 2.24) is 4.90 Å². The van der Waals surface area contributed by atoms with Crippen LogP contribution < -0.4 is 0 Å². The maximum absolute atomic E-state index is 11.6. The Kier molecular flexibility index (Phi) is 3.53. The maximum atomic E-state index is 11.6. The van der Waals surface area contributed by atoms with E-state index in [4.69, 9.17) is 4.74 Å². The molecule has 0 aromatic carbocycles. The second-order valence-corrected chi connectivity index (χ2v) is 8.20. The van der Waals surface area contributed by atoms with Crippen molar-refractivity contribution in [3.8, 4) is 0 Å². The molecule has 1 N–H and O–H groups in total. The standard InChI is InChI=1S/C18H29NO3/c1-11-10-18-14-5-3-7-19(18)8-4-6-15(18)16(22-12(2)20)9-13(14)17(11)21/h11,13-17,21H,3-10H2,1-2H3/t11-,13+,14+,15-,16+,17+,18-/m0/s1. The van der Waals surface area contributed by atoms with Gasteiger partial charge in [-0.2, -0.15) is 0 Å². The van der Waals surface area contributed by atoms with Gasteiger partial charge in [0.15, 0.2) is 0 Å². The van der Waals surface area contributed by atoms with Crippen LogP contribution in [0, 0.1) is 23.7 Å². The lowest BCUT2D eigenvalue weighted by atomic mass is 9.47. The van der Waals surface area contributed by atoms with Gasteiger partial charge in [-0.25, -0.2) is 0 Å². The summed E-state index contributed by atoms with van der Waals surface area (Å²) in [4.78, 5) is 14.3. The highest BCUT2D eigenvalue weighted by Crippen LogP contribution is 2.60. The van der Waals surface area contributed by atoms with Crippen molar-refractivity contribution in [2.75, 3.05) is 13.1 Å². The lowest BCUT2D eigenvalue weighted by Crippen LogP contribution is -2.74. The molecule has 2 aliphatic heterocycles. The molecule has 2 aliphatic carbocycles. The molecule has 4 aliphatic rings. The van der Waals surface area contributed by atoms with Crippen molar-refractivity contribution >= 4 is 5.97 Å². The molecule has 7 atom stereocenters. The van der Waals surface area contributed by atoms with Crippen LogP contribution in [0.1, 0.15) is 52.4 Å². The zero-order chi connectivity index (χ0) is 15.5. The molecule has 2 heterocycles. The Morgan fingerprint density at radius 2 is 1.91 bits per heavy atom. The predicted molar refractivity (Wildman–Crippen MR) is 83.2 cm³/mol. The molecule has 2 saturated heterocycles. The van der Waals surface area contributed by atoms with Crippen molar-refractivity contribution in [2.24, 2.45) is 23.7 Å². The van der Waals surface area contributed by atoms with Gasteiger partial charge in [-0.1, -0.05) is 6.92 Å². The predicted octanol–water partition coefficient (Wildman–Crippen LogP) is 2.20. The largest absolute Gasteiger partial charge is 0.462 e. The van der Waals surface area contributed by atoms with Crippen molar-refractivity contribution in [3.05, 3.63) is 0 Å². The second-order valence-electron chi connectivity index (χ2n) is 8.20. The van der Waals surface area contributed by atoms with Crippen LogP contribution in [0.2, 0.25) is 0 Å². The minimum atomic E-state index is -0.225. The number of esters is 1. The fourth-order valence-corrected chi connectivity index (χ4v) is 6.68. The monoisotopic (exact) mass is 307 g/mol. The molecule has 4 nitrogen and oxygen atoms in total. The van der Waals surface area contributed by atoms with Gasteiger partial charge in [0.1, 0.15) is 6.10 Å². The minimum absolute atomic E-state index is 0.0156. The molecule has 4 fully saturated rings. The van der Waals surface area contributed by atoms with Gasteiger partial charge in [0, 0.05) is 18.4 Å². The lowest BCUT2D eigenvalue weighted by Gasteiger charge is -2.68. The first-order chi connectivity index (χ1) is 10.5. The molecular weight excluding hydrogens is 278 g/mol. The second kappa shape index (κ2) is 5.20. The Morgan fingerprint density at radius 1 is 1.23 bits per heavy atom. The molecule has 0 radical (unpaired) electrons. The van der Waals surface area contributed by atoms with Crippen LogP contribution in [0.25, 0.3) is 0 Å². The van der Waals surface area contributed by atoms with E-state index in [2.05, 4.69) is 11.8 Å². The number of hydrogen-bond acceptors (Lipinski definition) is 4. The first kappa shape index (κ1) is 14.9. The third-order valence-corrected chi connectivity index (χ3v) is 7.22. The van der Waals surface area contributed by atoms with Crippen LogP contribution in [-0.2, 0) is 9.53 Å². The maximum Gasteiger partial charge on any atom is 0.302 e. The topological polar surface area (TPSA) is 49.8 Å². The summed E-state index contributed by atoms with van der Waals surface area (Å²) >= 11 is 0. The fourth-order valence-electron chi connectivity index (χ4n) is 6.68. The molecular formula is C18H29NO3. The molecule has 0 unspecified atom stereocenters. The van der Waals surface area contributed by atoms with Gasteiger partial charge >= 0.3 is 5.97 Å². The number of nitrogens with zero attached hydrogens (tertiary/aromatic N) is 1. The Balaban J connectivity index is 1.76. The summed E-state index contributed by atoms with van der Waals surface area (Å²) < 4.78 is 5.76. The fraction of sp³-hybridized carbons (Fsp3) is 0.944. The molecule has 0 aromatic heterocycles. The summed E-state index contributed by atoms with van der Waals surface area (Å²) in [6.07, 6.45) is 6.65. The van der Waals surface area contributed by atoms with Gasteiger partial charge < -0.3 is 9.84 Å². The number of carbonyl (C=O) groups is 1. The lowest BCUT2D eigenvalue weighted by molar-refractivity contribution is -0.229. The third kappa shape index (κ3) is 1.92. The number of ether oxygens (including phenoxy) is 1. The Morgan fingerprint density at radius 3 is 2.59 bits per heavy atom. The van der Waals surface area contributed by atoms with Crippen molar-refractivity contribution < 1.29 is 14.6 Å². The van der Waals surface area contributed by atoms with Crippen LogP contribution in [0.3, 0.4) is 0 Å². The van der Waals surface area contributed by atoms with Gasteiger partial charge in [-0.3, -0.25) is 9.69 Å². The van der Waals surface area contributed by atoms with Crippen LogP contribution >= 0.6 is 0 Å². The summed E-state index contributed by atoms with van der Waals surface area (Å²) in [5.41, 5.74) is 0.193. The Bertz CT molecular complexity index is 465. The van der Waals surface area contributed by atoms with Crippen molar-refractivity contribution in [3.63, 3.8) is 0 Å². The van der Waals surface area contributed by atoms with E-state index in [0.717, 1.165) is 12.8 Å². The van der Waals surface area contributed by atoms with E-state index in [-0.39, 0.29) is 23.7 Å². The first-order valence-electron chi connectivity index (χ1n) is 9.14. The minimum Gasteiger partial charge on any atom is -0.462 e. The summed E-state index contributed by atoms with van der Waals surface area (Å²) in [7, 11) is 0. The van der Waals surface area contributed by atoms with Gasteiger partial charge in [-0.15, -0.1) is 0 Å². The van der Waals surface area contributed by atoms with E-state index in [1.54, 1.807) is 0 Å². The average molecular weight is 307 g/mol. The van der Waals surface area contributed by atoms with Gasteiger partial charge in [0.05, 0.1) is 6.10 Å². The van der Waals surface area contributed by atoms with E-state index >= 15 is 0 Å². The normalized spacial score (nSPS) is 51.0. The van der Waals surface area contributed by atoms with Crippen LogP contribution in [0.5, 0.6) is 0 Å². The van der Waals surface area contributed by atoms with Crippen LogP contribution in [0.15, 0.2) is 0 Å². The van der Waals surface area contributed by atoms with E-state index in [0.29, 0.717) is 23.7 Å². The van der Waals surface area contributed by atoms with Crippen molar-refractivity contribution in [1.29, 1.82) is 0 Å². The number of rotatable bonds is 1. The summed E-state index contributed by atoms with van der Waals surface area (Å²) in [6.45, 7) is 6.12. The molecule has 2 saturated carbocycles. The van der Waals surface area contributed by atoms with E-state index in [1.807, 2.05) is 0 Å². The molecule has 4 heteroatoms. The molecule has 0 amide bonds. The van der Waals surface area contributed by atoms with Gasteiger partial charge in [0.2, 0.25) is 0 Å². The van der Waals surface area contributed by atoms with Crippen molar-refractivity contribution in [2.45, 2.75) is 70.1 Å². The average Bonchev–Trinajstić information content (AvgIpc) is 2.47. The number of hydrogen-bond donors (Lipinski definition) is 1. The number of aliphatic hydroxyl groups is 1. The van der Waals surface area contributed by atoms with Crippen LogP contribution in [0.4, 0.5) is 0 Å². The quantitative estimate of drug-likeness (QED) is 0.755. The third-order valence-electron chi connectivity index (χ3n) is 7.22. The zero-order valence-corrected chi connectivity index (χ0v) is 13.8. The SMILES string of the molecule is CC(=O)O[C@@H]1C[C@H]2[C@H](O)[C@@H](C)C[C@@]34[C@@H]2CCCN3CCC[C@@H]14.